The fraction of sp³-hybridized carbons (Fsp3) is 0.619. The molecule has 1 aliphatic rings. The van der Waals surface area contributed by atoms with Crippen LogP contribution in [-0.2, 0) is 54.4 Å². The minimum Gasteiger partial charge on any atom is -0.508 e. The predicted molar refractivity (Wildman–Crippen MR) is 245 cm³/mol. The minimum atomic E-state index is -1.75. The highest BCUT2D eigenvalue weighted by atomic mass is 32.1. The van der Waals surface area contributed by atoms with Crippen molar-refractivity contribution < 1.29 is 63.3 Å². The summed E-state index contributed by atoms with van der Waals surface area (Å²) in [7, 11) is 0. The van der Waals surface area contributed by atoms with Crippen molar-refractivity contribution in [1.82, 2.24) is 42.1 Å². The number of aromatic hydroxyl groups is 1. The molecule has 8 amide bonds. The third kappa shape index (κ3) is 20.2. The minimum absolute atomic E-state index is 0.00993. The van der Waals surface area contributed by atoms with Gasteiger partial charge >= 0.3 is 11.9 Å². The molecular formula is C42H67N11O13S. The highest BCUT2D eigenvalue weighted by Gasteiger charge is 2.38. The Balaban J connectivity index is 2.23. The van der Waals surface area contributed by atoms with Gasteiger partial charge in [0.1, 0.15) is 42.0 Å². The van der Waals surface area contributed by atoms with Crippen LogP contribution in [0.3, 0.4) is 0 Å². The Morgan fingerprint density at radius 1 is 0.716 bits per heavy atom. The van der Waals surface area contributed by atoms with Crippen molar-refractivity contribution in [2.24, 2.45) is 23.1 Å². The Kier molecular flexibility index (Phi) is 25.2. The second-order valence-electron chi connectivity index (χ2n) is 16.4. The van der Waals surface area contributed by atoms with Gasteiger partial charge < -0.3 is 74.6 Å². The number of phenolic OH excluding ortho intramolecular Hbond substituents is 1. The molecule has 0 bridgehead atoms. The lowest BCUT2D eigenvalue weighted by Crippen LogP contribution is -2.59. The summed E-state index contributed by atoms with van der Waals surface area (Å²) in [6.07, 6.45) is 1.04. The van der Waals surface area contributed by atoms with Gasteiger partial charge in [-0.05, 0) is 88.1 Å². The molecule has 1 fully saturated rings. The van der Waals surface area contributed by atoms with Crippen LogP contribution in [0.2, 0.25) is 0 Å². The summed E-state index contributed by atoms with van der Waals surface area (Å²) in [5.74, 6) is -9.80. The summed E-state index contributed by atoms with van der Waals surface area (Å²) in [4.78, 5) is 131. The molecule has 1 aromatic carbocycles. The number of carbonyl (C=O) groups excluding carboxylic acids is 8. The molecule has 1 aliphatic heterocycles. The third-order valence-corrected chi connectivity index (χ3v) is 11.1. The first-order valence-electron chi connectivity index (χ1n) is 22.1. The van der Waals surface area contributed by atoms with E-state index in [0.29, 0.717) is 37.7 Å². The average Bonchev–Trinajstić information content (AvgIpc) is 3.78. The van der Waals surface area contributed by atoms with Crippen molar-refractivity contribution in [3.8, 4) is 5.75 Å². The number of unbranched alkanes of at least 4 members (excludes halogenated alkanes) is 2. The smallest absolute Gasteiger partial charge is 0.326 e. The molecule has 1 saturated heterocycles. The Morgan fingerprint density at radius 2 is 1.27 bits per heavy atom. The van der Waals surface area contributed by atoms with Gasteiger partial charge in [-0.15, -0.1) is 0 Å². The number of carboxylic acids is 2. The van der Waals surface area contributed by atoms with Gasteiger partial charge in [0.05, 0.1) is 25.6 Å². The number of hydrogen-bond acceptors (Lipinski definition) is 15. The van der Waals surface area contributed by atoms with E-state index < -0.39 is 127 Å². The Labute approximate surface area is 393 Å². The maximum Gasteiger partial charge on any atom is 0.326 e. The van der Waals surface area contributed by atoms with Crippen molar-refractivity contribution in [2.45, 2.75) is 120 Å². The number of carbonyl (C=O) groups is 10. The van der Waals surface area contributed by atoms with Crippen LogP contribution in [0.25, 0.3) is 0 Å². The second-order valence-corrected chi connectivity index (χ2v) is 16.7. The number of hydrogen-bond donors (Lipinski definition) is 14. The molecule has 24 nitrogen and oxygen atoms in total. The number of benzene rings is 1. The zero-order valence-electron chi connectivity index (χ0n) is 37.8. The number of aliphatic carboxylic acids is 2. The molecule has 1 aromatic rings. The molecule has 0 aromatic heterocycles. The van der Waals surface area contributed by atoms with E-state index in [1.165, 1.54) is 29.2 Å². The number of thiol groups is 1. The summed E-state index contributed by atoms with van der Waals surface area (Å²) < 4.78 is 0. The Bertz CT molecular complexity index is 1870. The molecule has 0 saturated carbocycles. The molecule has 16 N–H and O–H groups in total. The molecule has 7 unspecified atom stereocenters. The molecule has 0 radical (unpaired) electrons. The molecule has 67 heavy (non-hydrogen) atoms. The van der Waals surface area contributed by atoms with E-state index in [-0.39, 0.29) is 56.8 Å². The lowest BCUT2D eigenvalue weighted by Gasteiger charge is -2.28. The van der Waals surface area contributed by atoms with E-state index in [4.69, 9.17) is 17.2 Å². The number of nitrogens with two attached hydrogens (primary N) is 3. The molecule has 1 heterocycles. The van der Waals surface area contributed by atoms with Gasteiger partial charge in [-0.3, -0.25) is 43.2 Å². The number of rotatable bonds is 30. The lowest BCUT2D eigenvalue weighted by molar-refractivity contribution is -0.144. The highest BCUT2D eigenvalue weighted by Crippen LogP contribution is 2.19. The van der Waals surface area contributed by atoms with Crippen molar-refractivity contribution in [3.63, 3.8) is 0 Å². The van der Waals surface area contributed by atoms with E-state index in [1.807, 2.05) is 0 Å². The molecule has 7 atom stereocenters. The van der Waals surface area contributed by atoms with Gasteiger partial charge in [-0.25, -0.2) is 4.79 Å². The average molecular weight is 966 g/mol. The van der Waals surface area contributed by atoms with Crippen LogP contribution in [0.5, 0.6) is 5.75 Å². The molecule has 25 heteroatoms. The maximum atomic E-state index is 13.8. The van der Waals surface area contributed by atoms with Crippen LogP contribution in [0.4, 0.5) is 0 Å². The fourth-order valence-corrected chi connectivity index (χ4v) is 7.08. The molecule has 2 rings (SSSR count). The van der Waals surface area contributed by atoms with Crippen LogP contribution in [0.1, 0.15) is 77.2 Å². The number of nitrogens with zero attached hydrogens (tertiary/aromatic N) is 1. The largest absolute Gasteiger partial charge is 0.508 e. The summed E-state index contributed by atoms with van der Waals surface area (Å²) in [6.45, 7) is 2.61. The van der Waals surface area contributed by atoms with Crippen LogP contribution in [0.15, 0.2) is 24.3 Å². The van der Waals surface area contributed by atoms with E-state index >= 15 is 0 Å². The van der Waals surface area contributed by atoms with E-state index in [1.54, 1.807) is 13.8 Å². The summed E-state index contributed by atoms with van der Waals surface area (Å²) in [6, 6.07) is -3.28. The Morgan fingerprint density at radius 3 is 1.82 bits per heavy atom. The Hall–Kier alpha value is -6.05. The summed E-state index contributed by atoms with van der Waals surface area (Å²) >= 11 is 3.95. The van der Waals surface area contributed by atoms with E-state index in [2.05, 4.69) is 49.8 Å². The normalized spacial score (nSPS) is 16.0. The van der Waals surface area contributed by atoms with Crippen LogP contribution < -0.4 is 54.4 Å². The molecule has 374 valence electrons. The number of nitrogens with one attached hydrogen (secondary N) is 7. The summed E-state index contributed by atoms with van der Waals surface area (Å²) in [5.41, 5.74) is 17.4. The first kappa shape index (κ1) is 57.1. The third-order valence-electron chi connectivity index (χ3n) is 10.7. The van der Waals surface area contributed by atoms with Crippen LogP contribution >= 0.6 is 12.6 Å². The maximum absolute atomic E-state index is 13.8. The SMILES string of the molecule is CC(C)C(NC(=O)C(CCCCN)NC(=O)C(CC(=O)O)NC(=O)C(CCCCN)NC(=O)C1CCCN1C(=O)CNC(=O)C(Cc1ccc(O)cc1)NC(=O)CNC(=O)C(N)CS)C(=O)O. The number of carboxylic acid groups (broad SMARTS) is 2. The quantitative estimate of drug-likeness (QED) is 0.0261. The first-order valence-corrected chi connectivity index (χ1v) is 22.7. The van der Waals surface area contributed by atoms with Gasteiger partial charge in [-0.1, -0.05) is 26.0 Å². The number of likely N-dealkylation sites (tertiary alicyclic amines) is 1. The zero-order valence-corrected chi connectivity index (χ0v) is 38.7. The molecular weight excluding hydrogens is 899 g/mol. The number of phenols is 1. The van der Waals surface area contributed by atoms with Gasteiger partial charge in [0.2, 0.25) is 47.3 Å². The van der Waals surface area contributed by atoms with Crippen molar-refractivity contribution >= 4 is 71.8 Å². The monoisotopic (exact) mass is 965 g/mol. The highest BCUT2D eigenvalue weighted by molar-refractivity contribution is 7.80. The van der Waals surface area contributed by atoms with Crippen molar-refractivity contribution in [1.29, 1.82) is 0 Å². The van der Waals surface area contributed by atoms with Crippen molar-refractivity contribution in [2.75, 3.05) is 38.5 Å². The summed E-state index contributed by atoms with van der Waals surface area (Å²) in [5, 5.41) is 46.1. The van der Waals surface area contributed by atoms with Crippen LogP contribution in [-0.4, -0.2) is 160 Å². The standard InChI is InChI=1S/C42H67N11O13S/c1-23(2)35(42(65)66)52-39(62)28(9-4-6-16-44)49-40(63)30(19-34(57)58)51-38(61)27(8-3-5-15-43)50-41(64)31-10-7-17-53(31)33(56)21-47-37(60)29(18-24-11-13-25(54)14-12-24)48-32(55)20-46-36(59)26(45)22-67/h11-14,23,26-31,35,54,67H,3-10,15-22,43-45H2,1-2H3,(H,46,59)(H,47,60)(H,48,55)(H,49,63)(H,50,64)(H,51,61)(H,52,62)(H,57,58)(H,65,66). The zero-order chi connectivity index (χ0) is 50.2. The molecule has 0 aliphatic carbocycles. The molecule has 0 spiro atoms. The van der Waals surface area contributed by atoms with Gasteiger partial charge in [0.25, 0.3) is 0 Å². The predicted octanol–water partition coefficient (Wildman–Crippen LogP) is -3.69. The van der Waals surface area contributed by atoms with E-state index in [0.717, 1.165) is 0 Å². The lowest BCUT2D eigenvalue weighted by atomic mass is 10.0. The first-order chi connectivity index (χ1) is 31.7. The topological polar surface area (TPSA) is 397 Å². The van der Waals surface area contributed by atoms with Gasteiger partial charge in [0, 0.05) is 18.7 Å². The number of amides is 8. The van der Waals surface area contributed by atoms with Gasteiger partial charge in [0.15, 0.2) is 0 Å². The van der Waals surface area contributed by atoms with Gasteiger partial charge in [-0.2, -0.15) is 12.6 Å². The fourth-order valence-electron chi connectivity index (χ4n) is 6.92. The van der Waals surface area contributed by atoms with Crippen molar-refractivity contribution in [3.05, 3.63) is 29.8 Å². The van der Waals surface area contributed by atoms with E-state index in [9.17, 15) is 63.3 Å². The second kappa shape index (κ2) is 29.6. The van der Waals surface area contributed by atoms with Crippen LogP contribution in [0, 0.1) is 5.92 Å².